The van der Waals surface area contributed by atoms with Gasteiger partial charge in [0.2, 0.25) is 0 Å². The van der Waals surface area contributed by atoms with E-state index in [1.165, 1.54) is 30.3 Å². The third-order valence-electron chi connectivity index (χ3n) is 2.79. The van der Waals surface area contributed by atoms with Crippen molar-refractivity contribution in [3.63, 3.8) is 0 Å². The molecule has 0 fully saturated rings. The molecule has 0 saturated heterocycles. The lowest BCUT2D eigenvalue weighted by Gasteiger charge is -2.07. The molecule has 114 valence electrons. The molecular formula is C16H14O5S. The van der Waals surface area contributed by atoms with Crippen molar-refractivity contribution >= 4 is 22.2 Å². The lowest BCUT2D eigenvalue weighted by Crippen LogP contribution is -2.09. The third kappa shape index (κ3) is 4.20. The average Bonchev–Trinajstić information content (AvgIpc) is 2.45. The summed E-state index contributed by atoms with van der Waals surface area (Å²) in [4.78, 5) is 10.5. The van der Waals surface area contributed by atoms with E-state index in [4.69, 9.17) is 9.29 Å². The van der Waals surface area contributed by atoms with Crippen LogP contribution >= 0.6 is 0 Å². The molecule has 5 nitrogen and oxygen atoms in total. The Labute approximate surface area is 128 Å². The predicted octanol–water partition coefficient (Wildman–Crippen LogP) is 2.86. The highest BCUT2D eigenvalue weighted by Gasteiger charge is 2.16. The lowest BCUT2D eigenvalue weighted by molar-refractivity contribution is -0.131. The van der Waals surface area contributed by atoms with Crippen LogP contribution in [0.3, 0.4) is 0 Å². The van der Waals surface area contributed by atoms with Crippen LogP contribution in [0.15, 0.2) is 59.5 Å². The van der Waals surface area contributed by atoms with Gasteiger partial charge in [0.05, 0.1) is 0 Å². The second kappa shape index (κ2) is 6.44. The Morgan fingerprint density at radius 1 is 1.14 bits per heavy atom. The minimum atomic E-state index is -3.92. The second-order valence-corrected chi connectivity index (χ2v) is 6.14. The number of hydrogen-bond donors (Lipinski definition) is 1. The standard InChI is InChI=1S/C16H14O5S/c1-12-5-8-15(9-6-12)22(19,20)21-14-4-2-3-13(11-14)7-10-16(17)18/h2-11H,1H3,(H,17,18). The van der Waals surface area contributed by atoms with Gasteiger partial charge in [-0.1, -0.05) is 29.8 Å². The van der Waals surface area contributed by atoms with E-state index in [1.54, 1.807) is 24.3 Å². The fraction of sp³-hybridized carbons (Fsp3) is 0.0625. The molecule has 2 aromatic carbocycles. The average molecular weight is 318 g/mol. The summed E-state index contributed by atoms with van der Waals surface area (Å²) in [5, 5.41) is 8.59. The maximum absolute atomic E-state index is 12.2. The van der Waals surface area contributed by atoms with Crippen LogP contribution in [0.25, 0.3) is 6.08 Å². The SMILES string of the molecule is Cc1ccc(S(=O)(=O)Oc2cccc(C=CC(=O)O)c2)cc1. The number of benzene rings is 2. The number of aryl methyl sites for hydroxylation is 1. The van der Waals surface area contributed by atoms with Crippen LogP contribution in [0, 0.1) is 6.92 Å². The zero-order valence-corrected chi connectivity index (χ0v) is 12.6. The van der Waals surface area contributed by atoms with Crippen LogP contribution in [-0.4, -0.2) is 19.5 Å². The van der Waals surface area contributed by atoms with E-state index in [9.17, 15) is 13.2 Å². The van der Waals surface area contributed by atoms with Gasteiger partial charge in [-0.2, -0.15) is 8.42 Å². The maximum atomic E-state index is 12.2. The molecule has 0 bridgehead atoms. The summed E-state index contributed by atoms with van der Waals surface area (Å²) < 4.78 is 29.4. The summed E-state index contributed by atoms with van der Waals surface area (Å²) in [6.07, 6.45) is 2.32. The summed E-state index contributed by atoms with van der Waals surface area (Å²) >= 11 is 0. The Balaban J connectivity index is 2.24. The van der Waals surface area contributed by atoms with Gasteiger partial charge >= 0.3 is 16.1 Å². The molecule has 0 atom stereocenters. The van der Waals surface area contributed by atoms with Crippen molar-refractivity contribution in [3.05, 3.63) is 65.7 Å². The van der Waals surface area contributed by atoms with E-state index in [0.717, 1.165) is 11.6 Å². The van der Waals surface area contributed by atoms with Gasteiger partial charge in [0.1, 0.15) is 10.6 Å². The first-order valence-corrected chi connectivity index (χ1v) is 7.80. The van der Waals surface area contributed by atoms with Crippen LogP contribution in [0.1, 0.15) is 11.1 Å². The number of hydrogen-bond acceptors (Lipinski definition) is 4. The molecule has 0 aliphatic carbocycles. The largest absolute Gasteiger partial charge is 0.478 e. The highest BCUT2D eigenvalue weighted by atomic mass is 32.2. The Kier molecular flexibility index (Phi) is 4.62. The minimum absolute atomic E-state index is 0.0598. The fourth-order valence-electron chi connectivity index (χ4n) is 1.72. The van der Waals surface area contributed by atoms with Gasteiger partial charge in [-0.05, 0) is 42.8 Å². The first-order valence-electron chi connectivity index (χ1n) is 6.39. The van der Waals surface area contributed by atoms with E-state index in [1.807, 2.05) is 6.92 Å². The monoisotopic (exact) mass is 318 g/mol. The topological polar surface area (TPSA) is 80.7 Å². The molecule has 0 aliphatic heterocycles. The van der Waals surface area contributed by atoms with Crippen molar-refractivity contribution < 1.29 is 22.5 Å². The summed E-state index contributed by atoms with van der Waals surface area (Å²) in [7, 11) is -3.92. The molecule has 0 heterocycles. The lowest BCUT2D eigenvalue weighted by atomic mass is 10.2. The molecule has 22 heavy (non-hydrogen) atoms. The molecule has 0 spiro atoms. The van der Waals surface area contributed by atoms with Gasteiger partial charge in [-0.25, -0.2) is 4.79 Å². The van der Waals surface area contributed by atoms with E-state index >= 15 is 0 Å². The zero-order chi connectivity index (χ0) is 16.2. The highest BCUT2D eigenvalue weighted by Crippen LogP contribution is 2.20. The van der Waals surface area contributed by atoms with Gasteiger partial charge < -0.3 is 9.29 Å². The van der Waals surface area contributed by atoms with Crippen LogP contribution in [0.4, 0.5) is 0 Å². The number of carbonyl (C=O) groups is 1. The number of carboxylic acid groups (broad SMARTS) is 1. The molecule has 2 aromatic rings. The second-order valence-electron chi connectivity index (χ2n) is 4.59. The molecule has 1 N–H and O–H groups in total. The first kappa shape index (κ1) is 15.8. The number of aliphatic carboxylic acids is 1. The molecule has 0 aromatic heterocycles. The van der Waals surface area contributed by atoms with E-state index in [0.29, 0.717) is 5.56 Å². The summed E-state index contributed by atoms with van der Waals surface area (Å²) in [5.41, 5.74) is 1.47. The van der Waals surface area contributed by atoms with Crippen molar-refractivity contribution in [1.82, 2.24) is 0 Å². The van der Waals surface area contributed by atoms with Gasteiger partial charge in [0.25, 0.3) is 0 Å². The maximum Gasteiger partial charge on any atom is 0.339 e. The van der Waals surface area contributed by atoms with Crippen molar-refractivity contribution in [2.75, 3.05) is 0 Å². The smallest absolute Gasteiger partial charge is 0.339 e. The van der Waals surface area contributed by atoms with Gasteiger partial charge in [-0.3, -0.25) is 0 Å². The Morgan fingerprint density at radius 2 is 1.82 bits per heavy atom. The van der Waals surface area contributed by atoms with E-state index < -0.39 is 16.1 Å². The number of carboxylic acids is 1. The van der Waals surface area contributed by atoms with Gasteiger partial charge in [-0.15, -0.1) is 0 Å². The van der Waals surface area contributed by atoms with Crippen LogP contribution in [-0.2, 0) is 14.9 Å². The van der Waals surface area contributed by atoms with Crippen LogP contribution in [0.5, 0.6) is 5.75 Å². The Hall–Kier alpha value is -2.60. The van der Waals surface area contributed by atoms with Crippen molar-refractivity contribution in [3.8, 4) is 5.75 Å². The molecule has 0 unspecified atom stereocenters. The Bertz CT molecular complexity index is 805. The molecule has 0 radical (unpaired) electrons. The van der Waals surface area contributed by atoms with Crippen molar-refractivity contribution in [1.29, 1.82) is 0 Å². The minimum Gasteiger partial charge on any atom is -0.478 e. The third-order valence-corrected chi connectivity index (χ3v) is 4.05. The van der Waals surface area contributed by atoms with Crippen molar-refractivity contribution in [2.24, 2.45) is 0 Å². The van der Waals surface area contributed by atoms with Crippen LogP contribution < -0.4 is 4.18 Å². The van der Waals surface area contributed by atoms with Crippen molar-refractivity contribution in [2.45, 2.75) is 11.8 Å². The molecule has 2 rings (SSSR count). The molecule has 0 amide bonds. The molecule has 6 heteroatoms. The predicted molar refractivity (Wildman–Crippen MR) is 82.1 cm³/mol. The Morgan fingerprint density at radius 3 is 2.45 bits per heavy atom. The fourth-order valence-corrected chi connectivity index (χ4v) is 2.64. The van der Waals surface area contributed by atoms with E-state index in [2.05, 4.69) is 0 Å². The molecule has 0 aliphatic rings. The summed E-state index contributed by atoms with van der Waals surface area (Å²) in [5.74, 6) is -0.966. The van der Waals surface area contributed by atoms with E-state index in [-0.39, 0.29) is 10.6 Å². The summed E-state index contributed by atoms with van der Waals surface area (Å²) in [6.45, 7) is 1.86. The summed E-state index contributed by atoms with van der Waals surface area (Å²) in [6, 6.07) is 12.5. The highest BCUT2D eigenvalue weighted by molar-refractivity contribution is 7.87. The molecule has 0 saturated carbocycles. The normalized spacial score (nSPS) is 11.5. The van der Waals surface area contributed by atoms with Crippen LogP contribution in [0.2, 0.25) is 0 Å². The van der Waals surface area contributed by atoms with Gasteiger partial charge in [0.15, 0.2) is 0 Å². The quantitative estimate of drug-likeness (QED) is 0.677. The van der Waals surface area contributed by atoms with Gasteiger partial charge in [0, 0.05) is 6.08 Å². The first-order chi connectivity index (χ1) is 10.4. The number of rotatable bonds is 5. The molecular weight excluding hydrogens is 304 g/mol. The zero-order valence-electron chi connectivity index (χ0n) is 11.8.